The molecule has 5 heteroatoms. The topological polar surface area (TPSA) is 27.7 Å². The maximum atomic E-state index is 5.73. The Labute approximate surface area is 77.7 Å². The lowest BCUT2D eigenvalue weighted by molar-refractivity contribution is 0.223. The predicted molar refractivity (Wildman–Crippen MR) is 50.1 cm³/mol. The molecule has 1 rings (SSSR count). The van der Waals surface area contributed by atoms with Crippen LogP contribution < -0.4 is 0 Å². The zero-order valence-corrected chi connectivity index (χ0v) is 9.76. The van der Waals surface area contributed by atoms with Crippen LogP contribution in [0.2, 0.25) is 12.1 Å². The van der Waals surface area contributed by atoms with E-state index in [1.807, 2.05) is 13.8 Å². The zero-order valence-electron chi connectivity index (χ0n) is 7.76. The van der Waals surface area contributed by atoms with Crippen molar-refractivity contribution in [1.82, 2.24) is 0 Å². The maximum absolute atomic E-state index is 5.73. The first-order chi connectivity index (χ1) is 5.86. The van der Waals surface area contributed by atoms with E-state index in [2.05, 4.69) is 0 Å². The monoisotopic (exact) mass is 204 g/mol. The summed E-state index contributed by atoms with van der Waals surface area (Å²) in [7, 11) is -1.90. The van der Waals surface area contributed by atoms with Crippen molar-refractivity contribution in [2.45, 2.75) is 32.4 Å². The second kappa shape index (κ2) is 5.87. The highest BCUT2D eigenvalue weighted by Crippen LogP contribution is 2.17. The smallest absolute Gasteiger partial charge is 0.375 e. The first-order valence-corrected chi connectivity index (χ1v) is 7.56. The molecule has 0 saturated carbocycles. The fourth-order valence-electron chi connectivity index (χ4n) is 1.13. The second-order valence-corrected chi connectivity index (χ2v) is 6.45. The summed E-state index contributed by atoms with van der Waals surface area (Å²) in [5.74, 6) is 0. The van der Waals surface area contributed by atoms with E-state index in [0.717, 1.165) is 25.3 Å². The van der Waals surface area contributed by atoms with Gasteiger partial charge in [0.25, 0.3) is 0 Å². The maximum Gasteiger partial charge on any atom is 0.375 e. The Balaban J connectivity index is 2.20. The first kappa shape index (κ1) is 10.4. The zero-order chi connectivity index (χ0) is 8.81. The molecule has 2 radical (unpaired) electrons. The van der Waals surface area contributed by atoms with Crippen LogP contribution in [0.5, 0.6) is 0 Å². The molecule has 0 aliphatic carbocycles. The molecular weight excluding hydrogens is 188 g/mol. The van der Waals surface area contributed by atoms with Crippen molar-refractivity contribution in [1.29, 1.82) is 0 Å². The van der Waals surface area contributed by atoms with Crippen LogP contribution in [-0.4, -0.2) is 31.8 Å². The predicted octanol–water partition coefficient (Wildman–Crippen LogP) is 1.46. The van der Waals surface area contributed by atoms with Gasteiger partial charge in [-0.2, -0.15) is 0 Å². The van der Waals surface area contributed by atoms with E-state index in [-0.39, 0.29) is 0 Å². The van der Waals surface area contributed by atoms with E-state index >= 15 is 0 Å². The van der Waals surface area contributed by atoms with Crippen LogP contribution in [0.3, 0.4) is 0 Å². The van der Waals surface area contributed by atoms with E-state index in [1.54, 1.807) is 0 Å². The van der Waals surface area contributed by atoms with Gasteiger partial charge >= 0.3 is 18.6 Å². The molecule has 0 N–H and O–H groups in total. The molecule has 0 atom stereocenters. The van der Waals surface area contributed by atoms with Crippen molar-refractivity contribution < 1.29 is 13.0 Å². The van der Waals surface area contributed by atoms with Crippen molar-refractivity contribution in [2.75, 3.05) is 13.2 Å². The number of hydrogen-bond acceptors (Lipinski definition) is 3. The second-order valence-electron chi connectivity index (χ2n) is 2.57. The quantitative estimate of drug-likeness (QED) is 0.649. The van der Waals surface area contributed by atoms with Crippen molar-refractivity contribution in [3.8, 4) is 0 Å². The molecule has 0 amide bonds. The van der Waals surface area contributed by atoms with E-state index < -0.39 is 18.6 Å². The van der Waals surface area contributed by atoms with Crippen LogP contribution in [0.15, 0.2) is 0 Å². The molecule has 12 heavy (non-hydrogen) atoms. The Morgan fingerprint density at radius 3 is 2.00 bits per heavy atom. The van der Waals surface area contributed by atoms with Crippen LogP contribution in [0.1, 0.15) is 20.3 Å². The van der Waals surface area contributed by atoms with Crippen LogP contribution in [-0.2, 0) is 13.0 Å². The third kappa shape index (κ3) is 3.36. The number of hydrogen-bond donors (Lipinski definition) is 0. The highest BCUT2D eigenvalue weighted by molar-refractivity contribution is 6.60. The summed E-state index contributed by atoms with van der Waals surface area (Å²) in [5.41, 5.74) is 0. The molecule has 1 heterocycles. The SMILES string of the molecule is CCO[Si]1CCC[Si](OCC)O1. The fourth-order valence-corrected chi connectivity index (χ4v) is 5.65. The first-order valence-electron chi connectivity index (χ1n) is 4.52. The van der Waals surface area contributed by atoms with Gasteiger partial charge in [-0.1, -0.05) is 0 Å². The molecule has 1 saturated heterocycles. The molecule has 0 aromatic heterocycles. The Kier molecular flexibility index (Phi) is 5.09. The molecule has 3 nitrogen and oxygen atoms in total. The summed E-state index contributed by atoms with van der Waals surface area (Å²) in [4.78, 5) is 0. The van der Waals surface area contributed by atoms with Crippen LogP contribution in [0.4, 0.5) is 0 Å². The third-order valence-electron chi connectivity index (χ3n) is 1.60. The van der Waals surface area contributed by atoms with Gasteiger partial charge in [0.1, 0.15) is 0 Å². The lowest BCUT2D eigenvalue weighted by Gasteiger charge is -2.24. The summed E-state index contributed by atoms with van der Waals surface area (Å²) in [6.45, 7) is 5.58. The van der Waals surface area contributed by atoms with Gasteiger partial charge in [-0.15, -0.1) is 0 Å². The van der Waals surface area contributed by atoms with Crippen LogP contribution in [0, 0.1) is 0 Å². The normalized spacial score (nSPS) is 21.5. The van der Waals surface area contributed by atoms with Crippen molar-refractivity contribution in [3.05, 3.63) is 0 Å². The molecule has 0 spiro atoms. The number of rotatable bonds is 4. The molecule has 1 aliphatic heterocycles. The Hall–Kier alpha value is 0.314. The summed E-state index contributed by atoms with van der Waals surface area (Å²) >= 11 is 0. The van der Waals surface area contributed by atoms with Gasteiger partial charge in [0.2, 0.25) is 0 Å². The van der Waals surface area contributed by atoms with Gasteiger partial charge in [-0.3, -0.25) is 0 Å². The molecular formula is C7H16O3Si2. The van der Waals surface area contributed by atoms with Gasteiger partial charge in [0, 0.05) is 13.2 Å². The molecule has 0 aromatic carbocycles. The van der Waals surface area contributed by atoms with E-state index in [9.17, 15) is 0 Å². The largest absolute Gasteiger partial charge is 0.413 e. The van der Waals surface area contributed by atoms with Crippen molar-refractivity contribution >= 4 is 18.6 Å². The Morgan fingerprint density at radius 1 is 1.08 bits per heavy atom. The lowest BCUT2D eigenvalue weighted by Crippen LogP contribution is -2.38. The highest BCUT2D eigenvalue weighted by Gasteiger charge is 2.29. The van der Waals surface area contributed by atoms with Gasteiger partial charge in [-0.05, 0) is 32.4 Å². The summed E-state index contributed by atoms with van der Waals surface area (Å²) in [5, 5.41) is 0. The standard InChI is InChI=1S/C7H16O3Si2/c1-3-8-11-6-5-7-12(10-11)9-4-2/h3-7H2,1-2H3. The van der Waals surface area contributed by atoms with E-state index in [4.69, 9.17) is 13.0 Å². The van der Waals surface area contributed by atoms with Gasteiger partial charge < -0.3 is 13.0 Å². The molecule has 70 valence electrons. The molecule has 0 unspecified atom stereocenters. The third-order valence-corrected chi connectivity index (χ3v) is 6.17. The Morgan fingerprint density at radius 2 is 1.58 bits per heavy atom. The molecule has 1 aliphatic rings. The highest BCUT2D eigenvalue weighted by atomic mass is 28.4. The van der Waals surface area contributed by atoms with E-state index in [0.29, 0.717) is 0 Å². The summed E-state index contributed by atoms with van der Waals surface area (Å²) in [6, 6.07) is 2.25. The lowest BCUT2D eigenvalue weighted by atomic mass is 10.6. The Bertz CT molecular complexity index is 107. The van der Waals surface area contributed by atoms with Crippen molar-refractivity contribution in [2.24, 2.45) is 0 Å². The fraction of sp³-hybridized carbons (Fsp3) is 1.00. The average Bonchev–Trinajstić information content (AvgIpc) is 2.06. The van der Waals surface area contributed by atoms with Gasteiger partial charge in [-0.25, -0.2) is 0 Å². The minimum absolute atomic E-state index is 0.773. The minimum Gasteiger partial charge on any atom is -0.413 e. The summed E-state index contributed by atoms with van der Waals surface area (Å²) in [6.07, 6.45) is 1.22. The minimum atomic E-state index is -0.949. The van der Waals surface area contributed by atoms with Crippen LogP contribution >= 0.6 is 0 Å². The summed E-state index contributed by atoms with van der Waals surface area (Å²) < 4.78 is 16.7. The van der Waals surface area contributed by atoms with E-state index in [1.165, 1.54) is 6.42 Å². The molecule has 1 fully saturated rings. The van der Waals surface area contributed by atoms with Gasteiger partial charge in [0.05, 0.1) is 0 Å². The molecule has 0 bridgehead atoms. The van der Waals surface area contributed by atoms with Crippen molar-refractivity contribution in [3.63, 3.8) is 0 Å². The average molecular weight is 204 g/mol. The van der Waals surface area contributed by atoms with Gasteiger partial charge in [0.15, 0.2) is 0 Å². The molecule has 0 aromatic rings. The van der Waals surface area contributed by atoms with Crippen LogP contribution in [0.25, 0.3) is 0 Å².